The summed E-state index contributed by atoms with van der Waals surface area (Å²) < 4.78 is 14.3. The van der Waals surface area contributed by atoms with Crippen LogP contribution in [0.15, 0.2) is 34.1 Å². The number of carbonyl (C=O) groups is 1. The van der Waals surface area contributed by atoms with Crippen LogP contribution in [0.1, 0.15) is 20.8 Å². The third-order valence-electron chi connectivity index (χ3n) is 2.58. The van der Waals surface area contributed by atoms with E-state index >= 15 is 0 Å². The van der Waals surface area contributed by atoms with E-state index in [4.69, 9.17) is 5.11 Å². The summed E-state index contributed by atoms with van der Waals surface area (Å²) in [5.41, 5.74) is 0.543. The van der Waals surface area contributed by atoms with Crippen molar-refractivity contribution < 1.29 is 14.3 Å². The number of hydrogen-bond donors (Lipinski definition) is 2. The molecule has 0 radical (unpaired) electrons. The molecule has 0 fully saturated rings. The van der Waals surface area contributed by atoms with Gasteiger partial charge in [-0.2, -0.15) is 0 Å². The minimum Gasteiger partial charge on any atom is -0.384 e. The van der Waals surface area contributed by atoms with Crippen molar-refractivity contribution in [3.63, 3.8) is 0 Å². The highest BCUT2D eigenvalue weighted by atomic mass is 79.9. The average molecular weight is 368 g/mol. The Balaban J connectivity index is 2.15. The van der Waals surface area contributed by atoms with Crippen LogP contribution in [-0.4, -0.2) is 17.6 Å². The van der Waals surface area contributed by atoms with E-state index in [1.54, 1.807) is 0 Å². The SMILES string of the molecule is O=C(NCc1ccc(Br)s1)c1cc(F)ccc1C#CCO. The average Bonchev–Trinajstić information content (AvgIpc) is 2.89. The molecule has 0 aliphatic carbocycles. The summed E-state index contributed by atoms with van der Waals surface area (Å²) in [5.74, 6) is 4.19. The van der Waals surface area contributed by atoms with E-state index in [0.717, 1.165) is 14.7 Å². The summed E-state index contributed by atoms with van der Waals surface area (Å²) in [5, 5.41) is 11.4. The molecule has 0 saturated heterocycles. The molecule has 0 aliphatic rings. The zero-order valence-electron chi connectivity index (χ0n) is 10.8. The molecular weight excluding hydrogens is 357 g/mol. The molecule has 1 heterocycles. The van der Waals surface area contributed by atoms with Crippen LogP contribution in [0, 0.1) is 17.7 Å². The van der Waals surface area contributed by atoms with Gasteiger partial charge in [-0.15, -0.1) is 11.3 Å². The second-order valence-corrected chi connectivity index (χ2v) is 6.59. The molecule has 2 aromatic rings. The number of carbonyl (C=O) groups excluding carboxylic acids is 1. The monoisotopic (exact) mass is 367 g/mol. The van der Waals surface area contributed by atoms with Crippen molar-refractivity contribution in [3.05, 3.63) is 55.9 Å². The Morgan fingerprint density at radius 2 is 2.19 bits per heavy atom. The van der Waals surface area contributed by atoms with Gasteiger partial charge in [-0.25, -0.2) is 4.39 Å². The third kappa shape index (κ3) is 4.39. The maximum atomic E-state index is 13.3. The van der Waals surface area contributed by atoms with E-state index < -0.39 is 11.7 Å². The van der Waals surface area contributed by atoms with Gasteiger partial charge in [-0.05, 0) is 46.3 Å². The van der Waals surface area contributed by atoms with Crippen LogP contribution in [0.4, 0.5) is 4.39 Å². The molecular formula is C15H11BrFNO2S. The molecule has 0 aliphatic heterocycles. The lowest BCUT2D eigenvalue weighted by Gasteiger charge is -2.06. The van der Waals surface area contributed by atoms with Crippen molar-refractivity contribution in [2.75, 3.05) is 6.61 Å². The third-order valence-corrected chi connectivity index (χ3v) is 4.20. The maximum absolute atomic E-state index is 13.3. The van der Waals surface area contributed by atoms with Crippen LogP contribution >= 0.6 is 27.3 Å². The minimum absolute atomic E-state index is 0.159. The predicted molar refractivity (Wildman–Crippen MR) is 83.6 cm³/mol. The van der Waals surface area contributed by atoms with Crippen LogP contribution in [0.2, 0.25) is 0 Å². The van der Waals surface area contributed by atoms with Crippen LogP contribution in [0.5, 0.6) is 0 Å². The number of amides is 1. The number of aliphatic hydroxyl groups is 1. The Bertz CT molecular complexity index is 718. The van der Waals surface area contributed by atoms with Crippen molar-refractivity contribution in [1.29, 1.82) is 0 Å². The standard InChI is InChI=1S/C15H11BrFNO2S/c16-14-6-5-12(21-14)9-18-15(20)13-8-11(17)4-3-10(13)2-1-7-19/h3-6,8,19H,7,9H2,(H,18,20). The molecule has 0 saturated carbocycles. The fourth-order valence-electron chi connectivity index (χ4n) is 1.66. The molecule has 108 valence electrons. The van der Waals surface area contributed by atoms with Gasteiger partial charge < -0.3 is 10.4 Å². The lowest BCUT2D eigenvalue weighted by atomic mass is 10.1. The van der Waals surface area contributed by atoms with E-state index in [-0.39, 0.29) is 12.2 Å². The van der Waals surface area contributed by atoms with E-state index in [1.165, 1.54) is 23.5 Å². The molecule has 0 unspecified atom stereocenters. The zero-order chi connectivity index (χ0) is 15.2. The first-order chi connectivity index (χ1) is 10.1. The van der Waals surface area contributed by atoms with Crippen molar-refractivity contribution in [3.8, 4) is 11.8 Å². The van der Waals surface area contributed by atoms with E-state index in [9.17, 15) is 9.18 Å². The number of benzene rings is 1. The van der Waals surface area contributed by atoms with Gasteiger partial charge in [-0.1, -0.05) is 11.8 Å². The Morgan fingerprint density at radius 1 is 1.38 bits per heavy atom. The normalized spacial score (nSPS) is 9.86. The molecule has 1 amide bonds. The number of aliphatic hydroxyl groups excluding tert-OH is 1. The first-order valence-electron chi connectivity index (χ1n) is 6.02. The quantitative estimate of drug-likeness (QED) is 0.819. The Labute approximate surface area is 133 Å². The second-order valence-electron chi connectivity index (χ2n) is 4.04. The first kappa shape index (κ1) is 15.7. The van der Waals surface area contributed by atoms with Gasteiger partial charge in [-0.3, -0.25) is 4.79 Å². The number of rotatable bonds is 3. The Hall–Kier alpha value is -1.68. The lowest BCUT2D eigenvalue weighted by molar-refractivity contribution is 0.0950. The summed E-state index contributed by atoms with van der Waals surface area (Å²) in [4.78, 5) is 13.1. The Kier molecular flexibility index (Phi) is 5.51. The molecule has 0 bridgehead atoms. The van der Waals surface area contributed by atoms with Crippen LogP contribution < -0.4 is 5.32 Å². The van der Waals surface area contributed by atoms with E-state index in [1.807, 2.05) is 12.1 Å². The molecule has 3 nitrogen and oxygen atoms in total. The van der Waals surface area contributed by atoms with Gasteiger partial charge in [0.25, 0.3) is 5.91 Å². The number of nitrogens with one attached hydrogen (secondary N) is 1. The van der Waals surface area contributed by atoms with E-state index in [0.29, 0.717) is 12.1 Å². The smallest absolute Gasteiger partial charge is 0.252 e. The highest BCUT2D eigenvalue weighted by Gasteiger charge is 2.11. The number of halogens is 2. The topological polar surface area (TPSA) is 49.3 Å². The van der Waals surface area contributed by atoms with Crippen molar-refractivity contribution in [2.45, 2.75) is 6.54 Å². The summed E-state index contributed by atoms with van der Waals surface area (Å²) in [6, 6.07) is 7.59. The molecule has 2 N–H and O–H groups in total. The summed E-state index contributed by atoms with van der Waals surface area (Å²) in [6.45, 7) is 0.0418. The molecule has 2 rings (SSSR count). The van der Waals surface area contributed by atoms with Crippen LogP contribution in [-0.2, 0) is 6.54 Å². The zero-order valence-corrected chi connectivity index (χ0v) is 13.2. The Morgan fingerprint density at radius 3 is 2.86 bits per heavy atom. The first-order valence-corrected chi connectivity index (χ1v) is 7.63. The highest BCUT2D eigenvalue weighted by molar-refractivity contribution is 9.11. The van der Waals surface area contributed by atoms with Crippen LogP contribution in [0.3, 0.4) is 0 Å². The number of thiophene rings is 1. The van der Waals surface area contributed by atoms with Crippen molar-refractivity contribution in [1.82, 2.24) is 5.32 Å². The lowest BCUT2D eigenvalue weighted by Crippen LogP contribution is -2.23. The molecule has 0 spiro atoms. The summed E-state index contributed by atoms with van der Waals surface area (Å²) in [6.07, 6.45) is 0. The second kappa shape index (κ2) is 7.36. The molecule has 1 aromatic heterocycles. The van der Waals surface area contributed by atoms with Crippen molar-refractivity contribution in [2.24, 2.45) is 0 Å². The molecule has 0 atom stereocenters. The molecule has 1 aromatic carbocycles. The fourth-order valence-corrected chi connectivity index (χ4v) is 3.08. The summed E-state index contributed by atoms with van der Waals surface area (Å²) in [7, 11) is 0. The van der Waals surface area contributed by atoms with Crippen molar-refractivity contribution >= 4 is 33.2 Å². The maximum Gasteiger partial charge on any atom is 0.252 e. The predicted octanol–water partition coefficient (Wildman–Crippen LogP) is 2.92. The van der Waals surface area contributed by atoms with Crippen LogP contribution in [0.25, 0.3) is 0 Å². The van der Waals surface area contributed by atoms with Gasteiger partial charge in [0.05, 0.1) is 15.9 Å². The van der Waals surface area contributed by atoms with Gasteiger partial charge in [0, 0.05) is 10.4 Å². The fraction of sp³-hybridized carbons (Fsp3) is 0.133. The van der Waals surface area contributed by atoms with Gasteiger partial charge in [0.2, 0.25) is 0 Å². The van der Waals surface area contributed by atoms with Gasteiger partial charge in [0.15, 0.2) is 0 Å². The van der Waals surface area contributed by atoms with Gasteiger partial charge >= 0.3 is 0 Å². The highest BCUT2D eigenvalue weighted by Crippen LogP contribution is 2.22. The summed E-state index contributed by atoms with van der Waals surface area (Å²) >= 11 is 4.86. The molecule has 21 heavy (non-hydrogen) atoms. The largest absolute Gasteiger partial charge is 0.384 e. The van der Waals surface area contributed by atoms with E-state index in [2.05, 4.69) is 33.1 Å². The number of hydrogen-bond acceptors (Lipinski definition) is 3. The van der Waals surface area contributed by atoms with Gasteiger partial charge in [0.1, 0.15) is 12.4 Å². The minimum atomic E-state index is -0.506. The molecule has 6 heteroatoms.